The van der Waals surface area contributed by atoms with Crippen LogP contribution in [0.25, 0.3) is 11.3 Å². The van der Waals surface area contributed by atoms with E-state index in [1.165, 1.54) is 13.4 Å². The van der Waals surface area contributed by atoms with Crippen molar-refractivity contribution in [1.82, 2.24) is 10.3 Å². The summed E-state index contributed by atoms with van der Waals surface area (Å²) in [5.41, 5.74) is 0.885. The van der Waals surface area contributed by atoms with E-state index in [2.05, 4.69) is 10.3 Å². The van der Waals surface area contributed by atoms with Crippen LogP contribution in [0, 0.1) is 0 Å². The molecular formula is C11H9ClN2O2. The first-order valence-electron chi connectivity index (χ1n) is 4.64. The van der Waals surface area contributed by atoms with Gasteiger partial charge in [-0.3, -0.25) is 4.79 Å². The molecule has 16 heavy (non-hydrogen) atoms. The number of benzene rings is 1. The summed E-state index contributed by atoms with van der Waals surface area (Å²) in [4.78, 5) is 15.4. The second-order valence-electron chi connectivity index (χ2n) is 3.09. The lowest BCUT2D eigenvalue weighted by molar-refractivity contribution is 0.0959. The third-order valence-electron chi connectivity index (χ3n) is 2.13. The van der Waals surface area contributed by atoms with Gasteiger partial charge in [0.05, 0.1) is 5.02 Å². The van der Waals surface area contributed by atoms with Crippen LogP contribution < -0.4 is 5.32 Å². The SMILES string of the molecule is CNC(=O)c1ncoc1-c1ccccc1Cl. The van der Waals surface area contributed by atoms with Crippen LogP contribution in [0.3, 0.4) is 0 Å². The lowest BCUT2D eigenvalue weighted by Gasteiger charge is -2.02. The van der Waals surface area contributed by atoms with Crippen molar-refractivity contribution in [3.63, 3.8) is 0 Å². The Labute approximate surface area is 97.2 Å². The molecule has 2 rings (SSSR count). The van der Waals surface area contributed by atoms with E-state index in [4.69, 9.17) is 16.0 Å². The molecule has 0 atom stereocenters. The fourth-order valence-electron chi connectivity index (χ4n) is 1.36. The Balaban J connectivity index is 2.53. The lowest BCUT2D eigenvalue weighted by Crippen LogP contribution is -2.18. The van der Waals surface area contributed by atoms with Crippen molar-refractivity contribution >= 4 is 17.5 Å². The highest BCUT2D eigenvalue weighted by molar-refractivity contribution is 6.33. The standard InChI is InChI=1S/C11H9ClN2O2/c1-13-11(15)9-10(16-6-14-9)7-4-2-3-5-8(7)12/h2-6H,1H3,(H,13,15). The zero-order valence-electron chi connectivity index (χ0n) is 8.53. The summed E-state index contributed by atoms with van der Waals surface area (Å²) in [6.45, 7) is 0. The molecule has 0 saturated carbocycles. The monoisotopic (exact) mass is 236 g/mol. The summed E-state index contributed by atoms with van der Waals surface area (Å²) in [5.74, 6) is 0.0774. The van der Waals surface area contributed by atoms with Gasteiger partial charge in [0.25, 0.3) is 5.91 Å². The molecule has 4 nitrogen and oxygen atoms in total. The summed E-state index contributed by atoms with van der Waals surface area (Å²) in [6.07, 6.45) is 1.23. The van der Waals surface area contributed by atoms with Crippen molar-refractivity contribution < 1.29 is 9.21 Å². The van der Waals surface area contributed by atoms with Crippen molar-refractivity contribution in [2.45, 2.75) is 0 Å². The Morgan fingerprint density at radius 2 is 2.19 bits per heavy atom. The molecule has 0 fully saturated rings. The minimum absolute atomic E-state index is 0.232. The van der Waals surface area contributed by atoms with E-state index in [-0.39, 0.29) is 11.6 Å². The number of oxazole rings is 1. The van der Waals surface area contributed by atoms with Gasteiger partial charge in [0.1, 0.15) is 0 Å². The Morgan fingerprint density at radius 3 is 2.88 bits per heavy atom. The van der Waals surface area contributed by atoms with Crippen LogP contribution in [0.5, 0.6) is 0 Å². The molecule has 0 unspecified atom stereocenters. The van der Waals surface area contributed by atoms with E-state index >= 15 is 0 Å². The maximum absolute atomic E-state index is 11.5. The van der Waals surface area contributed by atoms with Crippen molar-refractivity contribution in [3.05, 3.63) is 41.4 Å². The number of nitrogens with zero attached hydrogens (tertiary/aromatic N) is 1. The number of carbonyl (C=O) groups is 1. The first kappa shape index (κ1) is 10.7. The molecule has 0 saturated heterocycles. The van der Waals surface area contributed by atoms with Crippen LogP contribution in [-0.4, -0.2) is 17.9 Å². The van der Waals surface area contributed by atoms with Crippen LogP contribution in [0.1, 0.15) is 10.5 Å². The normalized spacial score (nSPS) is 10.1. The number of hydrogen-bond donors (Lipinski definition) is 1. The van der Waals surface area contributed by atoms with Crippen molar-refractivity contribution in [2.75, 3.05) is 7.05 Å². The zero-order chi connectivity index (χ0) is 11.5. The highest BCUT2D eigenvalue weighted by Gasteiger charge is 2.18. The minimum Gasteiger partial charge on any atom is -0.443 e. The van der Waals surface area contributed by atoms with E-state index in [0.29, 0.717) is 16.3 Å². The summed E-state index contributed by atoms with van der Waals surface area (Å²) in [7, 11) is 1.54. The summed E-state index contributed by atoms with van der Waals surface area (Å²) >= 11 is 6.02. The van der Waals surface area contributed by atoms with Crippen molar-refractivity contribution in [2.24, 2.45) is 0 Å². The average molecular weight is 237 g/mol. The quantitative estimate of drug-likeness (QED) is 0.871. The predicted octanol–water partition coefficient (Wildman–Crippen LogP) is 2.35. The van der Waals surface area contributed by atoms with Gasteiger partial charge in [-0.15, -0.1) is 0 Å². The molecule has 1 heterocycles. The van der Waals surface area contributed by atoms with Crippen LogP contribution in [0.2, 0.25) is 5.02 Å². The van der Waals surface area contributed by atoms with E-state index in [1.54, 1.807) is 12.1 Å². The second kappa shape index (κ2) is 4.37. The van der Waals surface area contributed by atoms with E-state index in [0.717, 1.165) is 0 Å². The van der Waals surface area contributed by atoms with Crippen LogP contribution in [0.4, 0.5) is 0 Å². The van der Waals surface area contributed by atoms with E-state index in [9.17, 15) is 4.79 Å². The molecule has 0 spiro atoms. The van der Waals surface area contributed by atoms with Crippen LogP contribution in [-0.2, 0) is 0 Å². The van der Waals surface area contributed by atoms with Gasteiger partial charge in [-0.1, -0.05) is 23.7 Å². The molecule has 0 aliphatic carbocycles. The fraction of sp³-hybridized carbons (Fsp3) is 0.0909. The smallest absolute Gasteiger partial charge is 0.273 e. The third-order valence-corrected chi connectivity index (χ3v) is 2.46. The van der Waals surface area contributed by atoms with E-state index < -0.39 is 0 Å². The van der Waals surface area contributed by atoms with E-state index in [1.807, 2.05) is 12.1 Å². The van der Waals surface area contributed by atoms with Gasteiger partial charge >= 0.3 is 0 Å². The topological polar surface area (TPSA) is 55.1 Å². The predicted molar refractivity (Wildman–Crippen MR) is 60.3 cm³/mol. The number of carbonyl (C=O) groups excluding carboxylic acids is 1. The molecule has 2 aromatic rings. The van der Waals surface area contributed by atoms with Crippen molar-refractivity contribution in [1.29, 1.82) is 0 Å². The Hall–Kier alpha value is -1.81. The molecule has 0 bridgehead atoms. The van der Waals surface area contributed by atoms with Gasteiger partial charge in [0.15, 0.2) is 17.8 Å². The first-order valence-corrected chi connectivity index (χ1v) is 5.02. The number of nitrogens with one attached hydrogen (secondary N) is 1. The van der Waals surface area contributed by atoms with Crippen molar-refractivity contribution in [3.8, 4) is 11.3 Å². The average Bonchev–Trinajstić information content (AvgIpc) is 2.77. The van der Waals surface area contributed by atoms with Gasteiger partial charge in [-0.2, -0.15) is 0 Å². The zero-order valence-corrected chi connectivity index (χ0v) is 9.28. The number of rotatable bonds is 2. The molecule has 1 aromatic carbocycles. The van der Waals surface area contributed by atoms with Gasteiger partial charge in [-0.25, -0.2) is 4.98 Å². The number of hydrogen-bond acceptors (Lipinski definition) is 3. The number of aromatic nitrogens is 1. The molecule has 5 heteroatoms. The lowest BCUT2D eigenvalue weighted by atomic mass is 10.1. The third kappa shape index (κ3) is 1.79. The second-order valence-corrected chi connectivity index (χ2v) is 3.50. The summed E-state index contributed by atoms with van der Waals surface area (Å²) in [5, 5.41) is 3.01. The largest absolute Gasteiger partial charge is 0.443 e. The van der Waals surface area contributed by atoms with Gasteiger partial charge < -0.3 is 9.73 Å². The van der Waals surface area contributed by atoms with Gasteiger partial charge in [-0.05, 0) is 12.1 Å². The molecule has 1 aromatic heterocycles. The summed E-state index contributed by atoms with van der Waals surface area (Å²) < 4.78 is 5.20. The highest BCUT2D eigenvalue weighted by atomic mass is 35.5. The summed E-state index contributed by atoms with van der Waals surface area (Å²) in [6, 6.07) is 7.13. The minimum atomic E-state index is -0.302. The molecule has 0 aliphatic rings. The molecule has 0 radical (unpaired) electrons. The number of amides is 1. The van der Waals surface area contributed by atoms with Crippen LogP contribution >= 0.6 is 11.6 Å². The first-order chi connectivity index (χ1) is 7.74. The molecule has 1 N–H and O–H groups in total. The molecular weight excluding hydrogens is 228 g/mol. The molecule has 0 aliphatic heterocycles. The van der Waals surface area contributed by atoms with Crippen LogP contribution in [0.15, 0.2) is 35.1 Å². The Kier molecular flexibility index (Phi) is 2.92. The maximum Gasteiger partial charge on any atom is 0.273 e. The number of halogens is 1. The molecule has 82 valence electrons. The molecule has 1 amide bonds. The fourth-order valence-corrected chi connectivity index (χ4v) is 1.58. The Bertz CT molecular complexity index is 522. The Morgan fingerprint density at radius 1 is 1.44 bits per heavy atom. The van der Waals surface area contributed by atoms with Gasteiger partial charge in [0, 0.05) is 12.6 Å². The highest BCUT2D eigenvalue weighted by Crippen LogP contribution is 2.29. The maximum atomic E-state index is 11.5. The van der Waals surface area contributed by atoms with Gasteiger partial charge in [0.2, 0.25) is 0 Å².